The van der Waals surface area contributed by atoms with Gasteiger partial charge < -0.3 is 10.5 Å². The SMILES string of the molecule is C=C(/C=C(\C)N)OC. The number of allylic oxidation sites excluding steroid dienone is 2. The van der Waals surface area contributed by atoms with Gasteiger partial charge in [-0.15, -0.1) is 0 Å². The van der Waals surface area contributed by atoms with Crippen LogP contribution in [0, 0.1) is 0 Å². The summed E-state index contributed by atoms with van der Waals surface area (Å²) in [6, 6.07) is 0. The van der Waals surface area contributed by atoms with Gasteiger partial charge in [-0.3, -0.25) is 0 Å². The normalized spacial score (nSPS) is 11.0. The maximum absolute atomic E-state index is 5.29. The molecule has 46 valence electrons. The molecule has 0 saturated carbocycles. The zero-order valence-electron chi connectivity index (χ0n) is 5.27. The second kappa shape index (κ2) is 3.13. The Morgan fingerprint density at radius 2 is 2.25 bits per heavy atom. The zero-order valence-corrected chi connectivity index (χ0v) is 5.27. The quantitative estimate of drug-likeness (QED) is 0.428. The van der Waals surface area contributed by atoms with Crippen LogP contribution in [0.3, 0.4) is 0 Å². The van der Waals surface area contributed by atoms with Gasteiger partial charge in [0.25, 0.3) is 0 Å². The van der Waals surface area contributed by atoms with Gasteiger partial charge in [0.2, 0.25) is 0 Å². The Balaban J connectivity index is 3.70. The van der Waals surface area contributed by atoms with Crippen LogP contribution >= 0.6 is 0 Å². The molecule has 0 aromatic heterocycles. The summed E-state index contributed by atoms with van der Waals surface area (Å²) in [6.45, 7) is 5.32. The van der Waals surface area contributed by atoms with Crippen molar-refractivity contribution in [3.63, 3.8) is 0 Å². The van der Waals surface area contributed by atoms with E-state index < -0.39 is 0 Å². The molecule has 0 unspecified atom stereocenters. The van der Waals surface area contributed by atoms with Gasteiger partial charge >= 0.3 is 0 Å². The average Bonchev–Trinajstić information content (AvgIpc) is 1.65. The third-order valence-electron chi connectivity index (χ3n) is 0.651. The first-order valence-corrected chi connectivity index (χ1v) is 2.33. The number of nitrogens with two attached hydrogens (primary N) is 1. The predicted octanol–water partition coefficient (Wildman–Crippen LogP) is 1.01. The Hall–Kier alpha value is -0.920. The largest absolute Gasteiger partial charge is 0.497 e. The molecule has 2 heteroatoms. The van der Waals surface area contributed by atoms with Crippen LogP contribution < -0.4 is 5.73 Å². The van der Waals surface area contributed by atoms with Crippen molar-refractivity contribution < 1.29 is 4.74 Å². The number of rotatable bonds is 2. The van der Waals surface area contributed by atoms with Crippen molar-refractivity contribution in [2.24, 2.45) is 5.73 Å². The Labute approximate surface area is 49.6 Å². The molecule has 0 fully saturated rings. The highest BCUT2D eigenvalue weighted by molar-refractivity contribution is 5.11. The molecule has 0 heterocycles. The lowest BCUT2D eigenvalue weighted by Gasteiger charge is -1.95. The highest BCUT2D eigenvalue weighted by atomic mass is 16.5. The summed E-state index contributed by atoms with van der Waals surface area (Å²) in [7, 11) is 1.56. The molecule has 2 N–H and O–H groups in total. The average molecular weight is 113 g/mol. The maximum atomic E-state index is 5.29. The monoisotopic (exact) mass is 113 g/mol. The van der Waals surface area contributed by atoms with E-state index in [0.717, 1.165) is 0 Å². The lowest BCUT2D eigenvalue weighted by molar-refractivity contribution is 0.308. The van der Waals surface area contributed by atoms with Gasteiger partial charge in [0.1, 0.15) is 5.76 Å². The molecule has 0 amide bonds. The molecule has 0 spiro atoms. The van der Waals surface area contributed by atoms with E-state index in [0.29, 0.717) is 11.5 Å². The minimum atomic E-state index is 0.588. The molecule has 8 heavy (non-hydrogen) atoms. The molecule has 0 bridgehead atoms. The van der Waals surface area contributed by atoms with Gasteiger partial charge in [-0.25, -0.2) is 0 Å². The highest BCUT2D eigenvalue weighted by Crippen LogP contribution is 1.93. The van der Waals surface area contributed by atoms with Crippen LogP contribution in [-0.2, 0) is 4.74 Å². The van der Waals surface area contributed by atoms with Crippen LogP contribution in [0.5, 0.6) is 0 Å². The molecular weight excluding hydrogens is 102 g/mol. The fourth-order valence-electron chi connectivity index (χ4n) is 0.313. The van der Waals surface area contributed by atoms with Gasteiger partial charge in [0, 0.05) is 5.70 Å². The van der Waals surface area contributed by atoms with Crippen LogP contribution in [0.4, 0.5) is 0 Å². The number of methoxy groups -OCH3 is 1. The second-order valence-corrected chi connectivity index (χ2v) is 1.56. The maximum Gasteiger partial charge on any atom is 0.113 e. The van der Waals surface area contributed by atoms with Crippen molar-refractivity contribution in [3.05, 3.63) is 24.1 Å². The van der Waals surface area contributed by atoms with E-state index >= 15 is 0 Å². The third-order valence-corrected chi connectivity index (χ3v) is 0.651. The van der Waals surface area contributed by atoms with Crippen molar-refractivity contribution in [1.29, 1.82) is 0 Å². The Morgan fingerprint density at radius 1 is 1.75 bits per heavy atom. The molecule has 0 radical (unpaired) electrons. The summed E-state index contributed by atoms with van der Waals surface area (Å²) in [5.41, 5.74) is 5.99. The van der Waals surface area contributed by atoms with Crippen LogP contribution in [0.25, 0.3) is 0 Å². The molecule has 0 aromatic carbocycles. The van der Waals surface area contributed by atoms with Crippen LogP contribution in [0.1, 0.15) is 6.92 Å². The summed E-state index contributed by atoms with van der Waals surface area (Å²) in [5.74, 6) is 0.588. The predicted molar refractivity (Wildman–Crippen MR) is 34.1 cm³/mol. The number of hydrogen-bond acceptors (Lipinski definition) is 2. The molecule has 0 aliphatic carbocycles. The van der Waals surface area contributed by atoms with Crippen molar-refractivity contribution in [2.45, 2.75) is 6.92 Å². The minimum absolute atomic E-state index is 0.588. The molecule has 0 aliphatic heterocycles. The van der Waals surface area contributed by atoms with E-state index in [4.69, 9.17) is 10.5 Å². The van der Waals surface area contributed by atoms with E-state index in [1.807, 2.05) is 0 Å². The Bertz CT molecular complexity index is 112. The van der Waals surface area contributed by atoms with E-state index in [1.54, 1.807) is 20.1 Å². The third kappa shape index (κ3) is 3.28. The summed E-state index contributed by atoms with van der Waals surface area (Å²) in [6.07, 6.45) is 1.67. The zero-order chi connectivity index (χ0) is 6.57. The van der Waals surface area contributed by atoms with Crippen LogP contribution in [-0.4, -0.2) is 7.11 Å². The molecule has 0 atom stereocenters. The molecule has 2 nitrogen and oxygen atoms in total. The molecule has 0 saturated heterocycles. The van der Waals surface area contributed by atoms with Crippen LogP contribution in [0.2, 0.25) is 0 Å². The first-order chi connectivity index (χ1) is 3.66. The lowest BCUT2D eigenvalue weighted by Crippen LogP contribution is -1.91. The van der Waals surface area contributed by atoms with Gasteiger partial charge in [-0.1, -0.05) is 6.58 Å². The summed E-state index contributed by atoms with van der Waals surface area (Å²) in [4.78, 5) is 0. The highest BCUT2D eigenvalue weighted by Gasteiger charge is 1.81. The molecule has 0 aromatic rings. The first kappa shape index (κ1) is 7.08. The summed E-state index contributed by atoms with van der Waals surface area (Å²) in [5, 5.41) is 0. The number of hydrogen-bond donors (Lipinski definition) is 1. The Morgan fingerprint density at radius 3 is 2.38 bits per heavy atom. The van der Waals surface area contributed by atoms with E-state index in [2.05, 4.69) is 6.58 Å². The second-order valence-electron chi connectivity index (χ2n) is 1.56. The summed E-state index contributed by atoms with van der Waals surface area (Å²) < 4.78 is 4.71. The van der Waals surface area contributed by atoms with Gasteiger partial charge in [-0.2, -0.15) is 0 Å². The Kier molecular flexibility index (Phi) is 2.77. The van der Waals surface area contributed by atoms with Crippen molar-refractivity contribution in [1.82, 2.24) is 0 Å². The fraction of sp³-hybridized carbons (Fsp3) is 0.333. The van der Waals surface area contributed by atoms with E-state index in [1.165, 1.54) is 0 Å². The molecule has 0 aliphatic rings. The van der Waals surface area contributed by atoms with Crippen LogP contribution in [0.15, 0.2) is 24.1 Å². The molecule has 0 rings (SSSR count). The smallest absolute Gasteiger partial charge is 0.113 e. The fourth-order valence-corrected chi connectivity index (χ4v) is 0.313. The van der Waals surface area contributed by atoms with Gasteiger partial charge in [0.15, 0.2) is 0 Å². The van der Waals surface area contributed by atoms with Gasteiger partial charge in [-0.05, 0) is 13.0 Å². The van der Waals surface area contributed by atoms with Gasteiger partial charge in [0.05, 0.1) is 7.11 Å². The topological polar surface area (TPSA) is 35.2 Å². The first-order valence-electron chi connectivity index (χ1n) is 2.33. The van der Waals surface area contributed by atoms with Crippen molar-refractivity contribution >= 4 is 0 Å². The summed E-state index contributed by atoms with van der Waals surface area (Å²) >= 11 is 0. The van der Waals surface area contributed by atoms with Crippen molar-refractivity contribution in [3.8, 4) is 0 Å². The lowest BCUT2D eigenvalue weighted by atomic mass is 10.4. The standard InChI is InChI=1S/C6H11NO/c1-5(7)4-6(2)8-3/h4H,2,7H2,1,3H3/b5-4+. The van der Waals surface area contributed by atoms with E-state index in [-0.39, 0.29) is 0 Å². The number of ether oxygens (including phenoxy) is 1. The molecular formula is C6H11NO. The van der Waals surface area contributed by atoms with E-state index in [9.17, 15) is 0 Å². The van der Waals surface area contributed by atoms with Crippen molar-refractivity contribution in [2.75, 3.05) is 7.11 Å². The minimum Gasteiger partial charge on any atom is -0.497 e.